The van der Waals surface area contributed by atoms with E-state index in [4.69, 9.17) is 4.74 Å². The Balaban J connectivity index is 1.97. The third kappa shape index (κ3) is 1.17. The van der Waals surface area contributed by atoms with E-state index in [2.05, 4.69) is 0 Å². The van der Waals surface area contributed by atoms with Gasteiger partial charge in [-0.3, -0.25) is 0 Å². The summed E-state index contributed by atoms with van der Waals surface area (Å²) in [5.74, 6) is 0. The number of hydrogen-bond acceptors (Lipinski definition) is 2. The van der Waals surface area contributed by atoms with Crippen LogP contribution in [-0.4, -0.2) is 24.5 Å². The zero-order chi connectivity index (χ0) is 8.89. The Bertz CT molecular complexity index is 360. The summed E-state index contributed by atoms with van der Waals surface area (Å²) in [5, 5.41) is 1.03. The highest BCUT2D eigenvalue weighted by molar-refractivity contribution is 7.72. The van der Waals surface area contributed by atoms with E-state index in [9.17, 15) is 4.57 Å². The van der Waals surface area contributed by atoms with Crippen molar-refractivity contribution in [2.75, 3.05) is 12.3 Å². The van der Waals surface area contributed by atoms with Gasteiger partial charge in [-0.25, -0.2) is 0 Å². The first-order chi connectivity index (χ1) is 6.28. The van der Waals surface area contributed by atoms with Crippen LogP contribution >= 0.6 is 7.14 Å². The molecule has 1 aromatic rings. The fourth-order valence-corrected chi connectivity index (χ4v) is 5.16. The van der Waals surface area contributed by atoms with Gasteiger partial charge in [0.05, 0.1) is 12.2 Å². The summed E-state index contributed by atoms with van der Waals surface area (Å²) in [6, 6.07) is 9.83. The summed E-state index contributed by atoms with van der Waals surface area (Å²) in [4.78, 5) is 0. The molecule has 3 rings (SSSR count). The predicted molar refractivity (Wildman–Crippen MR) is 52.1 cm³/mol. The number of benzene rings is 1. The molecule has 3 atom stereocenters. The minimum Gasteiger partial charge on any atom is -0.369 e. The molecule has 2 saturated heterocycles. The predicted octanol–water partition coefficient (Wildman–Crippen LogP) is 1.46. The van der Waals surface area contributed by atoms with Crippen LogP contribution in [0.1, 0.15) is 0 Å². The molecular weight excluding hydrogens is 183 g/mol. The summed E-state index contributed by atoms with van der Waals surface area (Å²) in [7, 11) is -2.05. The Labute approximate surface area is 77.3 Å². The summed E-state index contributed by atoms with van der Waals surface area (Å²) in [5.41, 5.74) is 0. The quantitative estimate of drug-likeness (QED) is 0.500. The minimum absolute atomic E-state index is 0.311. The van der Waals surface area contributed by atoms with Crippen LogP contribution in [0.15, 0.2) is 30.3 Å². The molecule has 0 amide bonds. The molecule has 0 spiro atoms. The lowest BCUT2D eigenvalue weighted by Gasteiger charge is -2.12. The van der Waals surface area contributed by atoms with Crippen molar-refractivity contribution < 1.29 is 9.30 Å². The second-order valence-corrected chi connectivity index (χ2v) is 6.83. The van der Waals surface area contributed by atoms with Gasteiger partial charge in [-0.1, -0.05) is 30.3 Å². The fraction of sp³-hybridized carbons (Fsp3) is 0.400. The number of ether oxygens (including phenoxy) is 1. The third-order valence-electron chi connectivity index (χ3n) is 2.86. The Morgan fingerprint density at radius 3 is 2.38 bits per heavy atom. The number of rotatable bonds is 1. The molecule has 2 heterocycles. The molecule has 0 radical (unpaired) electrons. The SMILES string of the molecule is O=P1(c2ccccc2)CC2O[C@H]2C1. The Kier molecular flexibility index (Phi) is 1.47. The van der Waals surface area contributed by atoms with E-state index >= 15 is 0 Å². The van der Waals surface area contributed by atoms with E-state index in [1.807, 2.05) is 30.3 Å². The van der Waals surface area contributed by atoms with Crippen LogP contribution in [0.2, 0.25) is 0 Å². The average molecular weight is 194 g/mol. The molecule has 0 bridgehead atoms. The van der Waals surface area contributed by atoms with Crippen molar-refractivity contribution in [3.8, 4) is 0 Å². The molecule has 2 aliphatic heterocycles. The summed E-state index contributed by atoms with van der Waals surface area (Å²) < 4.78 is 17.7. The third-order valence-corrected chi connectivity index (χ3v) is 6.00. The van der Waals surface area contributed by atoms with Crippen LogP contribution in [-0.2, 0) is 9.30 Å². The maximum absolute atomic E-state index is 12.4. The molecule has 0 saturated carbocycles. The van der Waals surface area contributed by atoms with Crippen LogP contribution in [0.25, 0.3) is 0 Å². The number of fused-ring (bicyclic) bond motifs is 1. The first-order valence-electron chi connectivity index (χ1n) is 4.57. The van der Waals surface area contributed by atoms with Gasteiger partial charge in [-0.05, 0) is 0 Å². The van der Waals surface area contributed by atoms with Gasteiger partial charge in [0.1, 0.15) is 7.14 Å². The van der Waals surface area contributed by atoms with Gasteiger partial charge in [0.15, 0.2) is 0 Å². The second kappa shape index (κ2) is 2.46. The molecule has 13 heavy (non-hydrogen) atoms. The van der Waals surface area contributed by atoms with E-state index in [1.165, 1.54) is 0 Å². The molecule has 68 valence electrons. The Hall–Kier alpha value is -0.590. The van der Waals surface area contributed by atoms with E-state index in [0.29, 0.717) is 12.2 Å². The number of hydrogen-bond donors (Lipinski definition) is 0. The van der Waals surface area contributed by atoms with Gasteiger partial charge < -0.3 is 9.30 Å². The molecular formula is C10H11O2P. The lowest BCUT2D eigenvalue weighted by Crippen LogP contribution is -2.09. The highest BCUT2D eigenvalue weighted by Gasteiger charge is 2.54. The highest BCUT2D eigenvalue weighted by Crippen LogP contribution is 2.58. The lowest BCUT2D eigenvalue weighted by molar-refractivity contribution is 0.380. The van der Waals surface area contributed by atoms with E-state index in [-0.39, 0.29) is 0 Å². The molecule has 1 aromatic carbocycles. The van der Waals surface area contributed by atoms with Gasteiger partial charge in [-0.2, -0.15) is 0 Å². The Morgan fingerprint density at radius 1 is 1.15 bits per heavy atom. The molecule has 2 unspecified atom stereocenters. The van der Waals surface area contributed by atoms with Crippen LogP contribution in [0.3, 0.4) is 0 Å². The maximum atomic E-state index is 12.4. The molecule has 2 fully saturated rings. The molecule has 0 aliphatic carbocycles. The van der Waals surface area contributed by atoms with Crippen molar-refractivity contribution in [3.63, 3.8) is 0 Å². The molecule has 0 N–H and O–H groups in total. The van der Waals surface area contributed by atoms with E-state index in [0.717, 1.165) is 17.6 Å². The minimum atomic E-state index is -2.05. The monoisotopic (exact) mass is 194 g/mol. The maximum Gasteiger partial charge on any atom is 0.120 e. The first kappa shape index (κ1) is 7.78. The smallest absolute Gasteiger partial charge is 0.120 e. The van der Waals surface area contributed by atoms with Gasteiger partial charge in [0.25, 0.3) is 0 Å². The van der Waals surface area contributed by atoms with Gasteiger partial charge >= 0.3 is 0 Å². The van der Waals surface area contributed by atoms with Crippen molar-refractivity contribution >= 4 is 12.4 Å². The second-order valence-electron chi connectivity index (χ2n) is 3.80. The summed E-state index contributed by atoms with van der Waals surface area (Å²) in [6.07, 6.45) is 2.15. The number of epoxide rings is 1. The van der Waals surface area contributed by atoms with Gasteiger partial charge in [0, 0.05) is 17.6 Å². The Morgan fingerprint density at radius 2 is 1.77 bits per heavy atom. The van der Waals surface area contributed by atoms with Crippen molar-refractivity contribution in [1.82, 2.24) is 0 Å². The van der Waals surface area contributed by atoms with Crippen LogP contribution in [0.5, 0.6) is 0 Å². The molecule has 2 nitrogen and oxygen atoms in total. The van der Waals surface area contributed by atoms with Gasteiger partial charge in [-0.15, -0.1) is 0 Å². The topological polar surface area (TPSA) is 29.6 Å². The average Bonchev–Trinajstić information content (AvgIpc) is 2.77. The zero-order valence-electron chi connectivity index (χ0n) is 7.22. The molecule has 2 aliphatic rings. The molecule has 0 aromatic heterocycles. The van der Waals surface area contributed by atoms with Crippen molar-refractivity contribution in [2.24, 2.45) is 0 Å². The van der Waals surface area contributed by atoms with Crippen LogP contribution < -0.4 is 5.30 Å². The van der Waals surface area contributed by atoms with Crippen molar-refractivity contribution in [3.05, 3.63) is 30.3 Å². The highest BCUT2D eigenvalue weighted by atomic mass is 31.2. The van der Waals surface area contributed by atoms with E-state index in [1.54, 1.807) is 0 Å². The van der Waals surface area contributed by atoms with Crippen LogP contribution in [0, 0.1) is 0 Å². The first-order valence-corrected chi connectivity index (χ1v) is 6.65. The van der Waals surface area contributed by atoms with Gasteiger partial charge in [0.2, 0.25) is 0 Å². The molecule has 3 heteroatoms. The lowest BCUT2D eigenvalue weighted by atomic mass is 10.4. The fourth-order valence-electron chi connectivity index (χ4n) is 2.07. The summed E-state index contributed by atoms with van der Waals surface area (Å²) >= 11 is 0. The van der Waals surface area contributed by atoms with Crippen molar-refractivity contribution in [1.29, 1.82) is 0 Å². The summed E-state index contributed by atoms with van der Waals surface area (Å²) in [6.45, 7) is 0. The van der Waals surface area contributed by atoms with Crippen LogP contribution in [0.4, 0.5) is 0 Å². The normalized spacial score (nSPS) is 41.5. The largest absolute Gasteiger partial charge is 0.369 e. The van der Waals surface area contributed by atoms with E-state index < -0.39 is 7.14 Å². The standard InChI is InChI=1S/C10H11O2P/c11-13(6-9-10(7-13)12-9)8-4-2-1-3-5-8/h1-5,9-10H,6-7H2/t9-,10?,13?/m0/s1. The zero-order valence-corrected chi connectivity index (χ0v) is 8.11. The van der Waals surface area contributed by atoms with Crippen molar-refractivity contribution in [2.45, 2.75) is 12.2 Å².